The average Bonchev–Trinajstić information content (AvgIpc) is 2.35. The molecule has 0 aliphatic heterocycles. The van der Waals surface area contributed by atoms with Gasteiger partial charge >= 0.3 is 5.97 Å². The van der Waals surface area contributed by atoms with Crippen molar-refractivity contribution in [3.63, 3.8) is 0 Å². The zero-order valence-corrected chi connectivity index (χ0v) is 11.1. The lowest BCUT2D eigenvalue weighted by Crippen LogP contribution is -2.12. The molecule has 0 radical (unpaired) electrons. The van der Waals surface area contributed by atoms with Crippen molar-refractivity contribution in [3.8, 4) is 5.88 Å². The van der Waals surface area contributed by atoms with E-state index in [1.54, 1.807) is 6.07 Å². The molecule has 1 unspecified atom stereocenters. The largest absolute Gasteiger partial charge is 0.478 e. The third-order valence-corrected chi connectivity index (χ3v) is 2.77. The maximum Gasteiger partial charge on any atom is 0.337 e. The lowest BCUT2D eigenvalue weighted by Gasteiger charge is -2.13. The second-order valence-corrected chi connectivity index (χ2v) is 4.47. The van der Waals surface area contributed by atoms with Crippen LogP contribution < -0.4 is 4.74 Å². The van der Waals surface area contributed by atoms with E-state index in [1.165, 1.54) is 31.5 Å². The number of ether oxygens (including phenoxy) is 1. The second kappa shape index (κ2) is 7.69. The van der Waals surface area contributed by atoms with E-state index in [4.69, 9.17) is 9.84 Å². The SMILES string of the molecule is CCCCCCC(C)Oc1ccc(C(=O)O)cn1. The number of carbonyl (C=O) groups is 1. The van der Waals surface area contributed by atoms with Crippen LogP contribution in [-0.4, -0.2) is 22.2 Å². The number of carboxylic acid groups (broad SMARTS) is 1. The van der Waals surface area contributed by atoms with Gasteiger partial charge in [0.2, 0.25) is 5.88 Å². The van der Waals surface area contributed by atoms with Crippen LogP contribution in [0, 0.1) is 0 Å². The topological polar surface area (TPSA) is 59.4 Å². The summed E-state index contributed by atoms with van der Waals surface area (Å²) in [5.41, 5.74) is 0.179. The fourth-order valence-corrected chi connectivity index (χ4v) is 1.70. The summed E-state index contributed by atoms with van der Waals surface area (Å²) in [6.45, 7) is 4.20. The highest BCUT2D eigenvalue weighted by atomic mass is 16.5. The number of aromatic nitrogens is 1. The Kier molecular flexibility index (Phi) is 6.19. The maximum absolute atomic E-state index is 10.7. The Morgan fingerprint density at radius 1 is 1.39 bits per heavy atom. The zero-order valence-electron chi connectivity index (χ0n) is 11.1. The molecule has 0 bridgehead atoms. The van der Waals surface area contributed by atoms with Gasteiger partial charge < -0.3 is 9.84 Å². The molecule has 0 aliphatic rings. The first-order valence-corrected chi connectivity index (χ1v) is 6.49. The normalized spacial score (nSPS) is 12.1. The van der Waals surface area contributed by atoms with Gasteiger partial charge in [0.25, 0.3) is 0 Å². The Bertz CT molecular complexity index is 362. The van der Waals surface area contributed by atoms with Gasteiger partial charge in [-0.2, -0.15) is 0 Å². The molecule has 0 saturated heterocycles. The van der Waals surface area contributed by atoms with E-state index in [1.807, 2.05) is 6.92 Å². The minimum absolute atomic E-state index is 0.116. The van der Waals surface area contributed by atoms with Gasteiger partial charge in [0.15, 0.2) is 0 Å². The molecule has 4 nitrogen and oxygen atoms in total. The van der Waals surface area contributed by atoms with E-state index < -0.39 is 5.97 Å². The number of pyridine rings is 1. The van der Waals surface area contributed by atoms with Crippen LogP contribution in [0.4, 0.5) is 0 Å². The molecule has 1 rings (SSSR count). The standard InChI is InChI=1S/C14H21NO3/c1-3-4-5-6-7-11(2)18-13-9-8-12(10-15-13)14(16)17/h8-11H,3-7H2,1-2H3,(H,16,17). The molecule has 0 saturated carbocycles. The van der Waals surface area contributed by atoms with Crippen LogP contribution in [0.1, 0.15) is 56.3 Å². The average molecular weight is 251 g/mol. The van der Waals surface area contributed by atoms with Crippen LogP contribution in [0.2, 0.25) is 0 Å². The van der Waals surface area contributed by atoms with E-state index in [0.717, 1.165) is 12.8 Å². The quantitative estimate of drug-likeness (QED) is 0.718. The van der Waals surface area contributed by atoms with E-state index in [0.29, 0.717) is 5.88 Å². The monoisotopic (exact) mass is 251 g/mol. The molecule has 0 fully saturated rings. The van der Waals surface area contributed by atoms with Crippen LogP contribution in [0.25, 0.3) is 0 Å². The van der Waals surface area contributed by atoms with Crippen molar-refractivity contribution in [3.05, 3.63) is 23.9 Å². The number of rotatable bonds is 8. The summed E-state index contributed by atoms with van der Waals surface area (Å²) in [4.78, 5) is 14.6. The molecular weight excluding hydrogens is 230 g/mol. The van der Waals surface area contributed by atoms with Gasteiger partial charge in [-0.15, -0.1) is 0 Å². The Morgan fingerprint density at radius 2 is 2.17 bits per heavy atom. The van der Waals surface area contributed by atoms with Crippen molar-refractivity contribution in [2.75, 3.05) is 0 Å². The van der Waals surface area contributed by atoms with Crippen LogP contribution in [-0.2, 0) is 0 Å². The summed E-state index contributed by atoms with van der Waals surface area (Å²) < 4.78 is 5.63. The first-order valence-electron chi connectivity index (χ1n) is 6.49. The summed E-state index contributed by atoms with van der Waals surface area (Å²) >= 11 is 0. The Hall–Kier alpha value is -1.58. The first-order chi connectivity index (χ1) is 8.63. The first kappa shape index (κ1) is 14.5. The summed E-state index contributed by atoms with van der Waals surface area (Å²) in [5, 5.41) is 8.74. The molecular formula is C14H21NO3. The van der Waals surface area contributed by atoms with Crippen LogP contribution >= 0.6 is 0 Å². The molecule has 4 heteroatoms. The minimum atomic E-state index is -0.971. The Balaban J connectivity index is 2.35. The third kappa shape index (κ3) is 5.17. The molecule has 1 aromatic heterocycles. The molecule has 0 aromatic carbocycles. The predicted octanol–water partition coefficient (Wildman–Crippen LogP) is 3.52. The Morgan fingerprint density at radius 3 is 2.72 bits per heavy atom. The van der Waals surface area contributed by atoms with Gasteiger partial charge in [0.05, 0.1) is 11.7 Å². The van der Waals surface area contributed by atoms with Gasteiger partial charge in [-0.05, 0) is 25.8 Å². The number of unbranched alkanes of at least 4 members (excludes halogenated alkanes) is 3. The van der Waals surface area contributed by atoms with Crippen LogP contribution in [0.15, 0.2) is 18.3 Å². The fourth-order valence-electron chi connectivity index (χ4n) is 1.70. The summed E-state index contributed by atoms with van der Waals surface area (Å²) in [7, 11) is 0. The maximum atomic E-state index is 10.7. The minimum Gasteiger partial charge on any atom is -0.478 e. The predicted molar refractivity (Wildman–Crippen MR) is 70.0 cm³/mol. The molecule has 1 heterocycles. The highest BCUT2D eigenvalue weighted by Gasteiger charge is 2.07. The molecule has 100 valence electrons. The van der Waals surface area contributed by atoms with Crippen molar-refractivity contribution >= 4 is 5.97 Å². The van der Waals surface area contributed by atoms with Gasteiger partial charge in [-0.1, -0.05) is 26.2 Å². The summed E-state index contributed by atoms with van der Waals surface area (Å²) in [6.07, 6.45) is 7.32. The number of hydrogen-bond acceptors (Lipinski definition) is 3. The van der Waals surface area contributed by atoms with E-state index in [-0.39, 0.29) is 11.7 Å². The number of nitrogens with zero attached hydrogens (tertiary/aromatic N) is 1. The van der Waals surface area contributed by atoms with Gasteiger partial charge in [-0.3, -0.25) is 0 Å². The van der Waals surface area contributed by atoms with Crippen molar-refractivity contribution in [2.45, 2.75) is 52.1 Å². The van der Waals surface area contributed by atoms with Gasteiger partial charge in [-0.25, -0.2) is 9.78 Å². The second-order valence-electron chi connectivity index (χ2n) is 4.47. The van der Waals surface area contributed by atoms with Crippen LogP contribution in [0.5, 0.6) is 5.88 Å². The molecule has 0 spiro atoms. The third-order valence-electron chi connectivity index (χ3n) is 2.77. The molecule has 18 heavy (non-hydrogen) atoms. The fraction of sp³-hybridized carbons (Fsp3) is 0.571. The van der Waals surface area contributed by atoms with E-state index >= 15 is 0 Å². The summed E-state index contributed by atoms with van der Waals surface area (Å²) in [5.74, 6) is -0.482. The van der Waals surface area contributed by atoms with E-state index in [2.05, 4.69) is 11.9 Å². The van der Waals surface area contributed by atoms with Gasteiger partial charge in [0, 0.05) is 12.3 Å². The molecule has 1 N–H and O–H groups in total. The highest BCUT2D eigenvalue weighted by molar-refractivity contribution is 5.87. The lowest BCUT2D eigenvalue weighted by molar-refractivity contribution is 0.0696. The zero-order chi connectivity index (χ0) is 13.4. The van der Waals surface area contributed by atoms with Crippen molar-refractivity contribution in [2.24, 2.45) is 0 Å². The molecule has 1 atom stereocenters. The number of hydrogen-bond donors (Lipinski definition) is 1. The number of carboxylic acids is 1. The molecule has 0 amide bonds. The van der Waals surface area contributed by atoms with Crippen molar-refractivity contribution in [1.29, 1.82) is 0 Å². The van der Waals surface area contributed by atoms with E-state index in [9.17, 15) is 4.79 Å². The lowest BCUT2D eigenvalue weighted by atomic mass is 10.1. The summed E-state index contributed by atoms with van der Waals surface area (Å²) in [6, 6.07) is 3.11. The van der Waals surface area contributed by atoms with Crippen molar-refractivity contribution in [1.82, 2.24) is 4.98 Å². The Labute approximate surface area is 108 Å². The molecule has 0 aliphatic carbocycles. The highest BCUT2D eigenvalue weighted by Crippen LogP contribution is 2.13. The molecule has 1 aromatic rings. The van der Waals surface area contributed by atoms with Crippen molar-refractivity contribution < 1.29 is 14.6 Å². The van der Waals surface area contributed by atoms with Crippen LogP contribution in [0.3, 0.4) is 0 Å². The number of aromatic carboxylic acids is 1. The van der Waals surface area contributed by atoms with Gasteiger partial charge in [0.1, 0.15) is 0 Å². The smallest absolute Gasteiger partial charge is 0.337 e.